The van der Waals surface area contributed by atoms with Gasteiger partial charge in [0, 0.05) is 11.5 Å². The lowest BCUT2D eigenvalue weighted by atomic mass is 10.1. The summed E-state index contributed by atoms with van der Waals surface area (Å²) in [5.74, 6) is -3.60. The number of aliphatic hydroxyl groups excluding tert-OH is 1. The van der Waals surface area contributed by atoms with E-state index in [0.717, 1.165) is 0 Å². The van der Waals surface area contributed by atoms with Crippen LogP contribution in [-0.4, -0.2) is 76.2 Å². The minimum atomic E-state index is -1.32. The molecule has 0 rings (SSSR count). The van der Waals surface area contributed by atoms with Gasteiger partial charge in [0.2, 0.25) is 17.7 Å². The number of hydrogen-bond acceptors (Lipinski definition) is 8. The lowest BCUT2D eigenvalue weighted by Crippen LogP contribution is -2.57. The van der Waals surface area contributed by atoms with Crippen molar-refractivity contribution < 1.29 is 29.4 Å². The molecule has 0 aromatic heterocycles. The summed E-state index contributed by atoms with van der Waals surface area (Å²) in [5, 5.41) is 25.0. The van der Waals surface area contributed by atoms with E-state index < -0.39 is 54.5 Å². The molecule has 0 saturated carbocycles. The first-order chi connectivity index (χ1) is 11.1. The van der Waals surface area contributed by atoms with Crippen molar-refractivity contribution in [2.24, 2.45) is 5.73 Å². The molecular weight excluding hydrogens is 360 g/mol. The molecule has 0 fully saturated rings. The van der Waals surface area contributed by atoms with Crippen molar-refractivity contribution in [2.45, 2.75) is 31.2 Å². The molecule has 0 aliphatic heterocycles. The number of aliphatic hydroxyl groups is 1. The Labute approximate surface area is 149 Å². The molecule has 0 heterocycles. The van der Waals surface area contributed by atoms with E-state index in [1.54, 1.807) is 0 Å². The van der Waals surface area contributed by atoms with Crippen LogP contribution >= 0.6 is 25.3 Å². The maximum atomic E-state index is 12.0. The van der Waals surface area contributed by atoms with E-state index in [1.807, 2.05) is 0 Å². The van der Waals surface area contributed by atoms with Gasteiger partial charge in [0.25, 0.3) is 0 Å². The topological polar surface area (TPSA) is 171 Å². The average Bonchev–Trinajstić information content (AvgIpc) is 2.53. The minimum absolute atomic E-state index is 0.0443. The summed E-state index contributed by atoms with van der Waals surface area (Å²) in [6, 6.07) is -3.48. The molecule has 10 nitrogen and oxygen atoms in total. The van der Waals surface area contributed by atoms with E-state index in [0.29, 0.717) is 0 Å². The molecule has 138 valence electrons. The Hall–Kier alpha value is -1.50. The number of carbonyl (C=O) groups excluding carboxylic acids is 3. The normalized spacial score (nSPS) is 15.5. The fourth-order valence-electron chi connectivity index (χ4n) is 1.46. The fourth-order valence-corrected chi connectivity index (χ4v) is 1.87. The maximum absolute atomic E-state index is 12.0. The number of hydrogen-bond donors (Lipinski definition) is 8. The Balaban J connectivity index is 4.60. The second-order valence-electron chi connectivity index (χ2n) is 4.87. The number of carboxylic acids is 1. The molecule has 0 bridgehead atoms. The molecule has 0 radical (unpaired) electrons. The number of nitrogens with one attached hydrogen (secondary N) is 3. The van der Waals surface area contributed by atoms with Crippen molar-refractivity contribution in [2.75, 3.05) is 18.1 Å². The molecule has 24 heavy (non-hydrogen) atoms. The summed E-state index contributed by atoms with van der Waals surface area (Å²) in [6.07, 6.45) is -1.24. The number of amides is 3. The molecule has 0 aliphatic rings. The summed E-state index contributed by atoms with van der Waals surface area (Å²) in [5.41, 5.74) is 5.46. The lowest BCUT2D eigenvalue weighted by molar-refractivity contribution is -0.141. The van der Waals surface area contributed by atoms with E-state index in [1.165, 1.54) is 6.92 Å². The Kier molecular flexibility index (Phi) is 10.4. The van der Waals surface area contributed by atoms with Gasteiger partial charge in [-0.05, 0) is 6.92 Å². The zero-order valence-corrected chi connectivity index (χ0v) is 14.7. The Morgan fingerprint density at radius 1 is 1.08 bits per heavy atom. The van der Waals surface area contributed by atoms with Gasteiger partial charge in [-0.25, -0.2) is 4.79 Å². The quantitative estimate of drug-likeness (QED) is 0.183. The highest BCUT2D eigenvalue weighted by Crippen LogP contribution is 1.96. The van der Waals surface area contributed by atoms with Crippen LogP contribution in [0.25, 0.3) is 0 Å². The molecule has 3 amide bonds. The van der Waals surface area contributed by atoms with Gasteiger partial charge < -0.3 is 31.9 Å². The lowest BCUT2D eigenvalue weighted by Gasteiger charge is -2.22. The first kappa shape index (κ1) is 22.5. The van der Waals surface area contributed by atoms with Crippen LogP contribution in [0.2, 0.25) is 0 Å². The van der Waals surface area contributed by atoms with Gasteiger partial charge in [0.1, 0.15) is 12.1 Å². The van der Waals surface area contributed by atoms with Gasteiger partial charge in [-0.2, -0.15) is 25.3 Å². The van der Waals surface area contributed by atoms with E-state index in [2.05, 4.69) is 41.2 Å². The van der Waals surface area contributed by atoms with E-state index in [9.17, 15) is 24.3 Å². The van der Waals surface area contributed by atoms with Crippen molar-refractivity contribution in [3.63, 3.8) is 0 Å². The van der Waals surface area contributed by atoms with Gasteiger partial charge in [-0.15, -0.1) is 0 Å². The molecule has 0 aromatic rings. The molecular formula is C12H22N4O6S2. The van der Waals surface area contributed by atoms with Gasteiger partial charge in [-0.1, -0.05) is 0 Å². The zero-order valence-electron chi connectivity index (χ0n) is 12.9. The van der Waals surface area contributed by atoms with Crippen molar-refractivity contribution in [3.8, 4) is 0 Å². The monoisotopic (exact) mass is 382 g/mol. The second-order valence-corrected chi connectivity index (χ2v) is 5.60. The molecule has 0 spiro atoms. The summed E-state index contributed by atoms with van der Waals surface area (Å²) in [4.78, 5) is 46.0. The van der Waals surface area contributed by atoms with E-state index >= 15 is 0 Å². The molecule has 12 heteroatoms. The number of thiol groups is 2. The second kappa shape index (κ2) is 11.1. The van der Waals surface area contributed by atoms with Crippen LogP contribution in [0.4, 0.5) is 0 Å². The smallest absolute Gasteiger partial charge is 0.327 e. The molecule has 0 aromatic carbocycles. The Bertz CT molecular complexity index is 476. The number of rotatable bonds is 10. The molecule has 4 unspecified atom stereocenters. The highest BCUT2D eigenvalue weighted by atomic mass is 32.1. The van der Waals surface area contributed by atoms with Crippen LogP contribution in [0.15, 0.2) is 0 Å². The number of aliphatic carboxylic acids is 1. The third-order valence-electron chi connectivity index (χ3n) is 2.84. The maximum Gasteiger partial charge on any atom is 0.327 e. The third kappa shape index (κ3) is 7.86. The molecule has 0 saturated heterocycles. The minimum Gasteiger partial charge on any atom is -0.480 e. The van der Waals surface area contributed by atoms with Crippen LogP contribution in [0.5, 0.6) is 0 Å². The predicted molar refractivity (Wildman–Crippen MR) is 91.9 cm³/mol. The van der Waals surface area contributed by atoms with Crippen LogP contribution in [0.1, 0.15) is 6.92 Å². The Morgan fingerprint density at radius 3 is 2.08 bits per heavy atom. The molecule has 7 N–H and O–H groups in total. The summed E-state index contributed by atoms with van der Waals surface area (Å²) < 4.78 is 0. The zero-order chi connectivity index (χ0) is 18.9. The van der Waals surface area contributed by atoms with Crippen LogP contribution < -0.4 is 21.7 Å². The van der Waals surface area contributed by atoms with E-state index in [-0.39, 0.29) is 11.5 Å². The standard InChI is InChI=1S/C12H22N4O6S2/c1-5(17)9(16-10(19)6(13)3-23)11(20)14-2-8(18)15-7(4-24)12(21)22/h5-7,9,17,23-24H,2-4,13H2,1H3,(H,14,20)(H,15,18)(H,16,19)(H,21,22). The largest absolute Gasteiger partial charge is 0.480 e. The number of nitrogens with two attached hydrogens (primary N) is 1. The van der Waals surface area contributed by atoms with Crippen LogP contribution in [0, 0.1) is 0 Å². The van der Waals surface area contributed by atoms with E-state index in [4.69, 9.17) is 10.8 Å². The SMILES string of the molecule is CC(O)C(NC(=O)C(N)CS)C(=O)NCC(=O)NC(CS)C(=O)O. The van der Waals surface area contributed by atoms with Gasteiger partial charge >= 0.3 is 5.97 Å². The third-order valence-corrected chi connectivity index (χ3v) is 3.59. The summed E-state index contributed by atoms with van der Waals surface area (Å²) in [7, 11) is 0. The van der Waals surface area contributed by atoms with Gasteiger partial charge in [-0.3, -0.25) is 14.4 Å². The fraction of sp³-hybridized carbons (Fsp3) is 0.667. The first-order valence-corrected chi connectivity index (χ1v) is 8.16. The van der Waals surface area contributed by atoms with Crippen molar-refractivity contribution in [1.29, 1.82) is 0 Å². The number of carbonyl (C=O) groups is 4. The molecule has 0 aliphatic carbocycles. The highest BCUT2D eigenvalue weighted by molar-refractivity contribution is 7.80. The van der Waals surface area contributed by atoms with Crippen molar-refractivity contribution in [3.05, 3.63) is 0 Å². The Morgan fingerprint density at radius 2 is 1.67 bits per heavy atom. The summed E-state index contributed by atoms with van der Waals surface area (Å²) in [6.45, 7) is 0.742. The molecule has 4 atom stereocenters. The van der Waals surface area contributed by atoms with Crippen LogP contribution in [0.3, 0.4) is 0 Å². The van der Waals surface area contributed by atoms with Gasteiger partial charge in [0.15, 0.2) is 0 Å². The average molecular weight is 382 g/mol. The van der Waals surface area contributed by atoms with Crippen molar-refractivity contribution in [1.82, 2.24) is 16.0 Å². The highest BCUT2D eigenvalue weighted by Gasteiger charge is 2.28. The van der Waals surface area contributed by atoms with Crippen LogP contribution in [-0.2, 0) is 19.2 Å². The first-order valence-electron chi connectivity index (χ1n) is 6.89. The predicted octanol–water partition coefficient (Wildman–Crippen LogP) is -3.28. The summed E-state index contributed by atoms with van der Waals surface area (Å²) >= 11 is 7.63. The number of carboxylic acid groups (broad SMARTS) is 1. The van der Waals surface area contributed by atoms with Crippen molar-refractivity contribution >= 4 is 48.9 Å². The van der Waals surface area contributed by atoms with Gasteiger partial charge in [0.05, 0.1) is 18.7 Å².